The van der Waals surface area contributed by atoms with Crippen molar-refractivity contribution in [3.8, 4) is 17.1 Å². The van der Waals surface area contributed by atoms with Gasteiger partial charge in [-0.2, -0.15) is 0 Å². The van der Waals surface area contributed by atoms with Crippen LogP contribution in [-0.2, 0) is 5.75 Å². The lowest BCUT2D eigenvalue weighted by Crippen LogP contribution is -2.26. The normalized spacial score (nSPS) is 13.2. The molecular formula is C26H23ClN4OS. The summed E-state index contributed by atoms with van der Waals surface area (Å²) in [5.41, 5.74) is 4.74. The van der Waals surface area contributed by atoms with Gasteiger partial charge >= 0.3 is 0 Å². The van der Waals surface area contributed by atoms with Crippen molar-refractivity contribution in [2.45, 2.75) is 36.7 Å². The molecule has 33 heavy (non-hydrogen) atoms. The molecule has 1 amide bonds. The minimum absolute atomic E-state index is 0.00893. The zero-order valence-electron chi connectivity index (χ0n) is 18.2. The molecule has 166 valence electrons. The molecule has 5 nitrogen and oxygen atoms in total. The Morgan fingerprint density at radius 2 is 1.85 bits per heavy atom. The second kappa shape index (κ2) is 9.41. The molecule has 0 bridgehead atoms. The van der Waals surface area contributed by atoms with Crippen molar-refractivity contribution in [2.75, 3.05) is 0 Å². The fourth-order valence-electron chi connectivity index (χ4n) is 3.60. The average molecular weight is 475 g/mol. The first-order valence-corrected chi connectivity index (χ1v) is 12.2. The number of nitrogens with one attached hydrogen (secondary N) is 1. The van der Waals surface area contributed by atoms with Crippen molar-refractivity contribution in [1.29, 1.82) is 0 Å². The summed E-state index contributed by atoms with van der Waals surface area (Å²) in [7, 11) is 0. The number of amides is 1. The molecule has 1 aliphatic rings. The number of nitrogens with zero attached hydrogens (tertiary/aromatic N) is 3. The first kappa shape index (κ1) is 21.7. The molecule has 0 spiro atoms. The first-order valence-electron chi connectivity index (χ1n) is 10.9. The molecule has 1 heterocycles. The number of aryl methyl sites for hydroxylation is 1. The van der Waals surface area contributed by atoms with Gasteiger partial charge in [-0.3, -0.25) is 9.36 Å². The van der Waals surface area contributed by atoms with Gasteiger partial charge in [0.15, 0.2) is 11.0 Å². The van der Waals surface area contributed by atoms with Crippen LogP contribution in [0.1, 0.15) is 34.3 Å². The molecule has 1 N–H and O–H groups in total. The lowest BCUT2D eigenvalue weighted by atomic mass is 10.1. The van der Waals surface area contributed by atoms with E-state index in [4.69, 9.17) is 11.6 Å². The molecule has 1 fully saturated rings. The first-order chi connectivity index (χ1) is 16.1. The number of hydrogen-bond donors (Lipinski definition) is 1. The van der Waals surface area contributed by atoms with Crippen LogP contribution in [0.2, 0.25) is 5.02 Å². The van der Waals surface area contributed by atoms with Gasteiger partial charge in [-0.15, -0.1) is 10.2 Å². The summed E-state index contributed by atoms with van der Waals surface area (Å²) < 4.78 is 2.02. The fraction of sp³-hybridized carbons (Fsp3) is 0.192. The second-order valence-electron chi connectivity index (χ2n) is 8.18. The number of halogens is 1. The smallest absolute Gasteiger partial charge is 0.251 e. The van der Waals surface area contributed by atoms with Crippen LogP contribution in [0.25, 0.3) is 17.1 Å². The third kappa shape index (κ3) is 4.97. The number of thioether (sulfide) groups is 1. The highest BCUT2D eigenvalue weighted by atomic mass is 35.5. The Hall–Kier alpha value is -3.09. The highest BCUT2D eigenvalue weighted by molar-refractivity contribution is 7.98. The number of rotatable bonds is 7. The minimum atomic E-state index is -0.00893. The van der Waals surface area contributed by atoms with Crippen LogP contribution < -0.4 is 5.32 Å². The number of carbonyl (C=O) groups excluding carboxylic acids is 1. The van der Waals surface area contributed by atoms with Crippen molar-refractivity contribution >= 4 is 29.3 Å². The lowest BCUT2D eigenvalue weighted by molar-refractivity contribution is 0.0950. The summed E-state index contributed by atoms with van der Waals surface area (Å²) in [5, 5.41) is 13.5. The van der Waals surface area contributed by atoms with Crippen molar-refractivity contribution < 1.29 is 4.79 Å². The van der Waals surface area contributed by atoms with Crippen LogP contribution in [0.3, 0.4) is 0 Å². The van der Waals surface area contributed by atoms with Crippen LogP contribution >= 0.6 is 23.4 Å². The molecule has 0 saturated heterocycles. The van der Waals surface area contributed by atoms with Crippen molar-refractivity contribution in [3.05, 3.63) is 94.5 Å². The summed E-state index contributed by atoms with van der Waals surface area (Å²) in [6.07, 6.45) is 2.13. The molecule has 0 radical (unpaired) electrons. The van der Waals surface area contributed by atoms with Gasteiger partial charge < -0.3 is 5.32 Å². The molecule has 4 aromatic rings. The molecule has 0 unspecified atom stereocenters. The Morgan fingerprint density at radius 3 is 2.61 bits per heavy atom. The largest absolute Gasteiger partial charge is 0.349 e. The van der Waals surface area contributed by atoms with Gasteiger partial charge in [-0.25, -0.2) is 0 Å². The predicted molar refractivity (Wildman–Crippen MR) is 133 cm³/mol. The van der Waals surface area contributed by atoms with Gasteiger partial charge in [0, 0.05) is 27.9 Å². The highest BCUT2D eigenvalue weighted by Crippen LogP contribution is 2.31. The van der Waals surface area contributed by atoms with Crippen molar-refractivity contribution in [2.24, 2.45) is 0 Å². The number of carbonyl (C=O) groups is 1. The van der Waals surface area contributed by atoms with Gasteiger partial charge in [0.25, 0.3) is 5.91 Å². The number of hydrogen-bond acceptors (Lipinski definition) is 4. The monoisotopic (exact) mass is 474 g/mol. The summed E-state index contributed by atoms with van der Waals surface area (Å²) >= 11 is 7.85. The third-order valence-corrected chi connectivity index (χ3v) is 6.75. The van der Waals surface area contributed by atoms with E-state index < -0.39 is 0 Å². The average Bonchev–Trinajstić information content (AvgIpc) is 3.54. The SMILES string of the molecule is Cc1ccc(-c2nnc(SCc3ccccc3C(=O)NC3CC3)n2-c2cccc(Cl)c2)cc1. The van der Waals surface area contributed by atoms with E-state index in [2.05, 4.69) is 34.6 Å². The number of aromatic nitrogens is 3. The molecule has 1 aromatic heterocycles. The minimum Gasteiger partial charge on any atom is -0.349 e. The highest BCUT2D eigenvalue weighted by Gasteiger charge is 2.25. The molecule has 3 aromatic carbocycles. The second-order valence-corrected chi connectivity index (χ2v) is 9.56. The maximum Gasteiger partial charge on any atom is 0.251 e. The molecule has 7 heteroatoms. The van der Waals surface area contributed by atoms with E-state index >= 15 is 0 Å². The fourth-order valence-corrected chi connectivity index (χ4v) is 4.74. The molecular weight excluding hydrogens is 452 g/mol. The Balaban J connectivity index is 1.48. The van der Waals surface area contributed by atoms with Gasteiger partial charge in [0.1, 0.15) is 0 Å². The van der Waals surface area contributed by atoms with E-state index in [0.29, 0.717) is 22.4 Å². The molecule has 1 aliphatic carbocycles. The quantitative estimate of drug-likeness (QED) is 0.330. The van der Waals surface area contributed by atoms with Crippen LogP contribution in [0.4, 0.5) is 0 Å². The van der Waals surface area contributed by atoms with Crippen LogP contribution in [0.5, 0.6) is 0 Å². The van der Waals surface area contributed by atoms with E-state index in [9.17, 15) is 4.79 Å². The number of benzene rings is 3. The summed E-state index contributed by atoms with van der Waals surface area (Å²) in [4.78, 5) is 12.7. The van der Waals surface area contributed by atoms with E-state index in [-0.39, 0.29) is 5.91 Å². The van der Waals surface area contributed by atoms with Gasteiger partial charge in [-0.05, 0) is 49.6 Å². The Morgan fingerprint density at radius 1 is 1.06 bits per heavy atom. The van der Waals surface area contributed by atoms with Crippen LogP contribution in [0, 0.1) is 6.92 Å². The van der Waals surface area contributed by atoms with Crippen molar-refractivity contribution in [3.63, 3.8) is 0 Å². The van der Waals surface area contributed by atoms with E-state index in [1.54, 1.807) is 11.8 Å². The van der Waals surface area contributed by atoms with Crippen LogP contribution in [-0.4, -0.2) is 26.7 Å². The lowest BCUT2D eigenvalue weighted by Gasteiger charge is -2.12. The van der Waals surface area contributed by atoms with E-state index in [1.165, 1.54) is 5.56 Å². The molecule has 0 atom stereocenters. The Labute approximate surface area is 202 Å². The summed E-state index contributed by atoms with van der Waals surface area (Å²) in [5.74, 6) is 1.34. The van der Waals surface area contributed by atoms with Crippen LogP contribution in [0.15, 0.2) is 78.0 Å². The topological polar surface area (TPSA) is 59.8 Å². The standard InChI is InChI=1S/C26H23ClN4OS/c1-17-9-11-18(12-10-17)24-29-30-26(31(24)22-7-4-6-20(27)15-22)33-16-19-5-2-3-8-23(19)25(32)28-21-13-14-21/h2-12,15,21H,13-14,16H2,1H3,(H,28,32). The Kier molecular flexibility index (Phi) is 6.20. The van der Waals surface area contributed by atoms with Crippen molar-refractivity contribution in [1.82, 2.24) is 20.1 Å². The zero-order chi connectivity index (χ0) is 22.8. The van der Waals surface area contributed by atoms with Gasteiger partial charge in [0.2, 0.25) is 0 Å². The molecule has 5 rings (SSSR count). The third-order valence-electron chi connectivity index (χ3n) is 5.54. The van der Waals surface area contributed by atoms with Gasteiger partial charge in [-0.1, -0.05) is 77.5 Å². The van der Waals surface area contributed by atoms with Gasteiger partial charge in [0.05, 0.1) is 5.69 Å². The maximum atomic E-state index is 12.7. The summed E-state index contributed by atoms with van der Waals surface area (Å²) in [6, 6.07) is 24.0. The molecule has 0 aliphatic heterocycles. The summed E-state index contributed by atoms with van der Waals surface area (Å²) in [6.45, 7) is 2.06. The Bertz CT molecular complexity index is 1300. The predicted octanol–water partition coefficient (Wildman–Crippen LogP) is 6.08. The maximum absolute atomic E-state index is 12.7. The van der Waals surface area contributed by atoms with E-state index in [1.807, 2.05) is 65.2 Å². The van der Waals surface area contributed by atoms with E-state index in [0.717, 1.165) is 40.6 Å². The molecule has 1 saturated carbocycles. The zero-order valence-corrected chi connectivity index (χ0v) is 19.7.